The van der Waals surface area contributed by atoms with E-state index < -0.39 is 0 Å². The van der Waals surface area contributed by atoms with Crippen molar-refractivity contribution in [2.45, 2.75) is 44.3 Å². The summed E-state index contributed by atoms with van der Waals surface area (Å²) in [6.45, 7) is 4.93. The third kappa shape index (κ3) is 3.26. The summed E-state index contributed by atoms with van der Waals surface area (Å²) >= 11 is 7.16. The number of nitrogens with one attached hydrogen (secondary N) is 1. The summed E-state index contributed by atoms with van der Waals surface area (Å²) < 4.78 is 0.360. The normalized spacial score (nSPS) is 17.1. The molecule has 0 saturated heterocycles. The summed E-state index contributed by atoms with van der Waals surface area (Å²) in [5.41, 5.74) is 9.68. The van der Waals surface area contributed by atoms with Crippen LogP contribution in [0.25, 0.3) is 0 Å². The molecule has 110 valence electrons. The molecule has 1 aromatic rings. The molecular formula is C15H23N3S2. The molecule has 1 aromatic heterocycles. The molecule has 5 heteroatoms. The van der Waals surface area contributed by atoms with Gasteiger partial charge in [0.25, 0.3) is 0 Å². The Labute approximate surface area is 131 Å². The van der Waals surface area contributed by atoms with Crippen LogP contribution in [0.4, 0.5) is 5.69 Å². The van der Waals surface area contributed by atoms with Crippen molar-refractivity contribution in [1.82, 2.24) is 4.98 Å². The molecule has 0 unspecified atom stereocenters. The fourth-order valence-corrected chi connectivity index (χ4v) is 4.18. The SMILES string of the molecule is CSC1(CNc2cc(C)nc(C)c2C(N)=S)CCCC1. The van der Waals surface area contributed by atoms with Gasteiger partial charge >= 0.3 is 0 Å². The number of pyridine rings is 1. The molecule has 0 atom stereocenters. The van der Waals surface area contributed by atoms with Crippen LogP contribution in [-0.4, -0.2) is 27.5 Å². The topological polar surface area (TPSA) is 50.9 Å². The Morgan fingerprint density at radius 3 is 2.65 bits per heavy atom. The molecule has 1 fully saturated rings. The lowest BCUT2D eigenvalue weighted by atomic mass is 10.1. The predicted octanol–water partition coefficient (Wildman–Crippen LogP) is 3.42. The number of thiocarbonyl (C=S) groups is 1. The van der Waals surface area contributed by atoms with Crippen molar-refractivity contribution in [3.63, 3.8) is 0 Å². The average molecular weight is 310 g/mol. The molecule has 2 rings (SSSR count). The molecule has 3 nitrogen and oxygen atoms in total. The van der Waals surface area contributed by atoms with Crippen LogP contribution in [0, 0.1) is 13.8 Å². The molecule has 0 radical (unpaired) electrons. The quantitative estimate of drug-likeness (QED) is 0.816. The molecule has 0 spiro atoms. The molecule has 1 saturated carbocycles. The van der Waals surface area contributed by atoms with Crippen molar-refractivity contribution in [3.8, 4) is 0 Å². The van der Waals surface area contributed by atoms with E-state index in [-0.39, 0.29) is 0 Å². The van der Waals surface area contributed by atoms with Gasteiger partial charge in [0.1, 0.15) is 4.99 Å². The highest BCUT2D eigenvalue weighted by molar-refractivity contribution is 8.00. The first-order valence-corrected chi connectivity index (χ1v) is 8.68. The Balaban J connectivity index is 2.22. The van der Waals surface area contributed by atoms with Gasteiger partial charge in [-0.3, -0.25) is 4.98 Å². The maximum absolute atomic E-state index is 5.86. The number of anilines is 1. The van der Waals surface area contributed by atoms with Crippen LogP contribution >= 0.6 is 24.0 Å². The van der Waals surface area contributed by atoms with Crippen LogP contribution in [-0.2, 0) is 0 Å². The van der Waals surface area contributed by atoms with Crippen molar-refractivity contribution in [3.05, 3.63) is 23.0 Å². The first-order chi connectivity index (χ1) is 9.47. The van der Waals surface area contributed by atoms with Gasteiger partial charge in [0.2, 0.25) is 0 Å². The van der Waals surface area contributed by atoms with E-state index in [1.807, 2.05) is 31.7 Å². The number of hydrogen-bond donors (Lipinski definition) is 2. The van der Waals surface area contributed by atoms with Crippen LogP contribution < -0.4 is 11.1 Å². The van der Waals surface area contributed by atoms with Gasteiger partial charge in [0, 0.05) is 28.4 Å². The van der Waals surface area contributed by atoms with Gasteiger partial charge in [-0.2, -0.15) is 11.8 Å². The lowest BCUT2D eigenvalue weighted by Gasteiger charge is -2.28. The third-order valence-corrected chi connectivity index (χ3v) is 5.75. The smallest absolute Gasteiger partial charge is 0.107 e. The van der Waals surface area contributed by atoms with Crippen molar-refractivity contribution in [1.29, 1.82) is 0 Å². The Morgan fingerprint density at radius 2 is 2.10 bits per heavy atom. The van der Waals surface area contributed by atoms with Crippen LogP contribution in [0.3, 0.4) is 0 Å². The van der Waals surface area contributed by atoms with E-state index in [9.17, 15) is 0 Å². The fourth-order valence-electron chi connectivity index (χ4n) is 3.01. The summed E-state index contributed by atoms with van der Waals surface area (Å²) in [5.74, 6) is 0. The van der Waals surface area contributed by atoms with Gasteiger partial charge in [0.05, 0.1) is 5.56 Å². The van der Waals surface area contributed by atoms with E-state index in [2.05, 4.69) is 16.6 Å². The number of aryl methyl sites for hydroxylation is 2. The summed E-state index contributed by atoms with van der Waals surface area (Å²) in [4.78, 5) is 4.88. The molecular weight excluding hydrogens is 286 g/mol. The molecule has 0 amide bonds. The summed E-state index contributed by atoms with van der Waals surface area (Å²) in [7, 11) is 0. The van der Waals surface area contributed by atoms with Gasteiger partial charge in [-0.15, -0.1) is 0 Å². The summed E-state index contributed by atoms with van der Waals surface area (Å²) in [5, 5.41) is 3.58. The van der Waals surface area contributed by atoms with Crippen molar-refractivity contribution >= 4 is 34.7 Å². The van der Waals surface area contributed by atoms with E-state index in [1.54, 1.807) is 0 Å². The highest BCUT2D eigenvalue weighted by atomic mass is 32.2. The number of nitrogens with zero attached hydrogens (tertiary/aromatic N) is 1. The number of thioether (sulfide) groups is 1. The lowest BCUT2D eigenvalue weighted by Crippen LogP contribution is -2.31. The maximum atomic E-state index is 5.86. The summed E-state index contributed by atoms with van der Waals surface area (Å²) in [6.07, 6.45) is 7.45. The largest absolute Gasteiger partial charge is 0.389 e. The minimum absolute atomic E-state index is 0.360. The van der Waals surface area contributed by atoms with Gasteiger partial charge in [-0.25, -0.2) is 0 Å². The Hall–Kier alpha value is -0.810. The maximum Gasteiger partial charge on any atom is 0.107 e. The Kier molecular flexibility index (Phi) is 4.91. The predicted molar refractivity (Wildman–Crippen MR) is 92.8 cm³/mol. The second-order valence-electron chi connectivity index (χ2n) is 5.58. The first kappa shape index (κ1) is 15.6. The molecule has 20 heavy (non-hydrogen) atoms. The van der Waals surface area contributed by atoms with Gasteiger partial charge in [-0.1, -0.05) is 25.1 Å². The average Bonchev–Trinajstić information content (AvgIpc) is 2.84. The minimum Gasteiger partial charge on any atom is -0.389 e. The van der Waals surface area contributed by atoms with Crippen molar-refractivity contribution < 1.29 is 0 Å². The second-order valence-corrected chi connectivity index (χ2v) is 7.30. The molecule has 1 aliphatic rings. The lowest BCUT2D eigenvalue weighted by molar-refractivity contribution is 0.639. The van der Waals surface area contributed by atoms with Crippen LogP contribution in [0.5, 0.6) is 0 Å². The highest BCUT2D eigenvalue weighted by Gasteiger charge is 2.32. The molecule has 1 aliphatic carbocycles. The van der Waals surface area contributed by atoms with Crippen LogP contribution in [0.2, 0.25) is 0 Å². The van der Waals surface area contributed by atoms with E-state index in [0.29, 0.717) is 9.74 Å². The molecule has 0 bridgehead atoms. The number of rotatable bonds is 5. The minimum atomic E-state index is 0.360. The van der Waals surface area contributed by atoms with E-state index in [4.69, 9.17) is 18.0 Å². The Bertz CT molecular complexity index is 508. The summed E-state index contributed by atoms with van der Waals surface area (Å²) in [6, 6.07) is 2.05. The van der Waals surface area contributed by atoms with Crippen molar-refractivity contribution in [2.24, 2.45) is 5.73 Å². The number of hydrogen-bond acceptors (Lipinski definition) is 4. The third-order valence-electron chi connectivity index (χ3n) is 4.12. The van der Waals surface area contributed by atoms with Crippen LogP contribution in [0.1, 0.15) is 42.6 Å². The van der Waals surface area contributed by atoms with Gasteiger partial charge in [0.15, 0.2) is 0 Å². The van der Waals surface area contributed by atoms with Crippen LogP contribution in [0.15, 0.2) is 6.07 Å². The Morgan fingerprint density at radius 1 is 1.45 bits per heavy atom. The highest BCUT2D eigenvalue weighted by Crippen LogP contribution is 2.40. The van der Waals surface area contributed by atoms with Crippen molar-refractivity contribution in [2.75, 3.05) is 18.1 Å². The monoisotopic (exact) mass is 309 g/mol. The number of nitrogens with two attached hydrogens (primary N) is 1. The zero-order valence-corrected chi connectivity index (χ0v) is 14.1. The zero-order valence-electron chi connectivity index (χ0n) is 12.5. The van der Waals surface area contributed by atoms with Gasteiger partial charge in [-0.05, 0) is 39.0 Å². The second kappa shape index (κ2) is 6.31. The number of aromatic nitrogens is 1. The first-order valence-electron chi connectivity index (χ1n) is 7.04. The molecule has 1 heterocycles. The van der Waals surface area contributed by atoms with Gasteiger partial charge < -0.3 is 11.1 Å². The van der Waals surface area contributed by atoms with E-state index >= 15 is 0 Å². The molecule has 3 N–H and O–H groups in total. The molecule has 0 aliphatic heterocycles. The molecule has 0 aromatic carbocycles. The van der Waals surface area contributed by atoms with E-state index in [0.717, 1.165) is 29.2 Å². The standard InChI is InChI=1S/C15H23N3S2/c1-10-8-12(13(14(16)19)11(2)18-10)17-9-15(20-3)6-4-5-7-15/h8H,4-7,9H2,1-3H3,(H2,16,19)(H,17,18). The zero-order chi connectivity index (χ0) is 14.8. The fraction of sp³-hybridized carbons (Fsp3) is 0.600. The van der Waals surface area contributed by atoms with E-state index in [1.165, 1.54) is 25.7 Å².